The summed E-state index contributed by atoms with van der Waals surface area (Å²) in [5.41, 5.74) is 0.256. The highest BCUT2D eigenvalue weighted by Gasteiger charge is 2.28. The Bertz CT molecular complexity index is 953. The summed E-state index contributed by atoms with van der Waals surface area (Å²) in [7, 11) is -7.47. The lowest BCUT2D eigenvalue weighted by atomic mass is 10.3. The molecule has 2 aromatic rings. The molecular formula is C15H15ClN2O4S2. The number of halogens is 1. The normalized spacial score (nSPS) is 15.2. The number of hydrogen-bond donors (Lipinski definition) is 2. The average Bonchev–Trinajstić information content (AvgIpc) is 3.33. The highest BCUT2D eigenvalue weighted by molar-refractivity contribution is 7.92. The third-order valence-corrected chi connectivity index (χ3v) is 6.71. The van der Waals surface area contributed by atoms with Crippen LogP contribution in [0.1, 0.15) is 12.8 Å². The fourth-order valence-electron chi connectivity index (χ4n) is 2.03. The van der Waals surface area contributed by atoms with Crippen LogP contribution in [0.2, 0.25) is 5.02 Å². The Kier molecular flexibility index (Phi) is 4.56. The Hall–Kier alpha value is -1.61. The number of anilines is 1. The summed E-state index contributed by atoms with van der Waals surface area (Å²) in [5, 5.41) is 0.272. The van der Waals surface area contributed by atoms with Gasteiger partial charge in [0.2, 0.25) is 10.0 Å². The van der Waals surface area contributed by atoms with Crippen LogP contribution in [0.25, 0.3) is 0 Å². The molecule has 0 unspecified atom stereocenters. The van der Waals surface area contributed by atoms with E-state index in [4.69, 9.17) is 11.6 Å². The molecule has 1 aliphatic carbocycles. The van der Waals surface area contributed by atoms with Crippen LogP contribution < -0.4 is 9.44 Å². The van der Waals surface area contributed by atoms with Crippen molar-refractivity contribution in [2.45, 2.75) is 28.7 Å². The summed E-state index contributed by atoms with van der Waals surface area (Å²) in [5.74, 6) is 0. The fraction of sp³-hybridized carbons (Fsp3) is 0.200. The highest BCUT2D eigenvalue weighted by Crippen LogP contribution is 2.25. The molecule has 1 saturated carbocycles. The van der Waals surface area contributed by atoms with E-state index in [1.165, 1.54) is 30.3 Å². The Balaban J connectivity index is 1.83. The van der Waals surface area contributed by atoms with Crippen molar-refractivity contribution in [1.82, 2.24) is 4.72 Å². The first-order chi connectivity index (χ1) is 11.3. The molecule has 0 radical (unpaired) electrons. The number of nitrogens with one attached hydrogen (secondary N) is 2. The number of benzene rings is 2. The Morgan fingerprint density at radius 2 is 1.38 bits per heavy atom. The van der Waals surface area contributed by atoms with Crippen LogP contribution in [0, 0.1) is 0 Å². The van der Waals surface area contributed by atoms with Crippen LogP contribution in [0.3, 0.4) is 0 Å². The van der Waals surface area contributed by atoms with Crippen molar-refractivity contribution in [2.75, 3.05) is 4.72 Å². The molecule has 128 valence electrons. The lowest BCUT2D eigenvalue weighted by Crippen LogP contribution is -2.25. The van der Waals surface area contributed by atoms with E-state index in [0.717, 1.165) is 12.8 Å². The van der Waals surface area contributed by atoms with E-state index >= 15 is 0 Å². The Labute approximate surface area is 146 Å². The second kappa shape index (κ2) is 6.36. The van der Waals surface area contributed by atoms with E-state index in [0.29, 0.717) is 0 Å². The molecule has 6 nitrogen and oxygen atoms in total. The van der Waals surface area contributed by atoms with Gasteiger partial charge in [0, 0.05) is 6.04 Å². The maximum Gasteiger partial charge on any atom is 0.261 e. The zero-order valence-corrected chi connectivity index (χ0v) is 14.8. The predicted octanol–water partition coefficient (Wildman–Crippen LogP) is 2.58. The molecule has 0 bridgehead atoms. The van der Waals surface area contributed by atoms with E-state index < -0.39 is 20.0 Å². The van der Waals surface area contributed by atoms with Gasteiger partial charge in [-0.15, -0.1) is 0 Å². The van der Waals surface area contributed by atoms with Crippen molar-refractivity contribution in [3.8, 4) is 0 Å². The molecular weight excluding hydrogens is 372 g/mol. The van der Waals surface area contributed by atoms with Crippen molar-refractivity contribution in [3.63, 3.8) is 0 Å². The molecule has 0 amide bonds. The number of sulfonamides is 2. The molecule has 24 heavy (non-hydrogen) atoms. The van der Waals surface area contributed by atoms with E-state index in [1.807, 2.05) is 0 Å². The maximum absolute atomic E-state index is 12.4. The third kappa shape index (κ3) is 3.89. The van der Waals surface area contributed by atoms with E-state index in [-0.39, 0.29) is 26.5 Å². The first-order valence-corrected chi connectivity index (χ1v) is 10.5. The Morgan fingerprint density at radius 1 is 0.833 bits per heavy atom. The third-order valence-electron chi connectivity index (χ3n) is 3.46. The minimum atomic E-state index is -3.86. The van der Waals surface area contributed by atoms with E-state index in [2.05, 4.69) is 9.44 Å². The van der Waals surface area contributed by atoms with Gasteiger partial charge in [0.1, 0.15) is 0 Å². The lowest BCUT2D eigenvalue weighted by molar-refractivity contribution is 0.580. The first-order valence-electron chi connectivity index (χ1n) is 7.18. The van der Waals surface area contributed by atoms with Gasteiger partial charge >= 0.3 is 0 Å². The van der Waals surface area contributed by atoms with Crippen LogP contribution in [0.15, 0.2) is 58.3 Å². The molecule has 0 aliphatic heterocycles. The van der Waals surface area contributed by atoms with E-state index in [1.54, 1.807) is 18.2 Å². The second-order valence-corrected chi connectivity index (χ2v) is 9.26. The highest BCUT2D eigenvalue weighted by atomic mass is 35.5. The van der Waals surface area contributed by atoms with Gasteiger partial charge in [0.25, 0.3) is 10.0 Å². The van der Waals surface area contributed by atoms with Gasteiger partial charge in [-0.25, -0.2) is 21.6 Å². The summed E-state index contributed by atoms with van der Waals surface area (Å²) < 4.78 is 53.8. The quantitative estimate of drug-likeness (QED) is 0.798. The molecule has 2 N–H and O–H groups in total. The average molecular weight is 387 g/mol. The molecule has 0 spiro atoms. The second-order valence-electron chi connectivity index (χ2n) is 5.45. The van der Waals surface area contributed by atoms with Crippen molar-refractivity contribution in [3.05, 3.63) is 53.6 Å². The van der Waals surface area contributed by atoms with Crippen molar-refractivity contribution < 1.29 is 16.8 Å². The molecule has 0 saturated heterocycles. The van der Waals surface area contributed by atoms with Gasteiger partial charge in [0.15, 0.2) is 0 Å². The summed E-state index contributed by atoms with van der Waals surface area (Å²) in [6.07, 6.45) is 1.65. The molecule has 3 rings (SSSR count). The van der Waals surface area contributed by atoms with Gasteiger partial charge in [-0.2, -0.15) is 0 Å². The fourth-order valence-corrected chi connectivity index (χ4v) is 4.66. The Morgan fingerprint density at radius 3 is 1.92 bits per heavy atom. The molecule has 0 heterocycles. The zero-order chi connectivity index (χ0) is 17.4. The van der Waals surface area contributed by atoms with Crippen LogP contribution >= 0.6 is 11.6 Å². The molecule has 9 heteroatoms. The minimum Gasteiger partial charge on any atom is -0.278 e. The number of rotatable bonds is 6. The smallest absolute Gasteiger partial charge is 0.261 e. The van der Waals surface area contributed by atoms with Gasteiger partial charge < -0.3 is 0 Å². The van der Waals surface area contributed by atoms with Crippen LogP contribution in [0.5, 0.6) is 0 Å². The molecule has 1 fully saturated rings. The maximum atomic E-state index is 12.4. The predicted molar refractivity (Wildman–Crippen MR) is 92.0 cm³/mol. The standard InChI is InChI=1S/C15H15ClN2O4S2/c16-14-3-1-2-4-15(14)18-24(21,22)13-9-7-12(8-10-13)23(19,20)17-11-5-6-11/h1-4,7-11,17-18H,5-6H2. The summed E-state index contributed by atoms with van der Waals surface area (Å²) >= 11 is 5.94. The van der Waals surface area contributed by atoms with Crippen molar-refractivity contribution in [1.29, 1.82) is 0 Å². The van der Waals surface area contributed by atoms with Gasteiger partial charge in [-0.1, -0.05) is 23.7 Å². The van der Waals surface area contributed by atoms with Gasteiger partial charge in [-0.3, -0.25) is 4.72 Å². The summed E-state index contributed by atoms with van der Waals surface area (Å²) in [4.78, 5) is -0.0149. The monoisotopic (exact) mass is 386 g/mol. The van der Waals surface area contributed by atoms with Crippen LogP contribution in [-0.2, 0) is 20.0 Å². The van der Waals surface area contributed by atoms with Crippen LogP contribution in [0.4, 0.5) is 5.69 Å². The van der Waals surface area contributed by atoms with Gasteiger partial charge in [-0.05, 0) is 49.2 Å². The van der Waals surface area contributed by atoms with Crippen LogP contribution in [-0.4, -0.2) is 22.9 Å². The van der Waals surface area contributed by atoms with E-state index in [9.17, 15) is 16.8 Å². The topological polar surface area (TPSA) is 92.3 Å². The first kappa shape index (κ1) is 17.2. The number of para-hydroxylation sites is 1. The molecule has 2 aromatic carbocycles. The van der Waals surface area contributed by atoms with Crippen molar-refractivity contribution in [2.24, 2.45) is 0 Å². The van der Waals surface area contributed by atoms with Crippen molar-refractivity contribution >= 4 is 37.3 Å². The van der Waals surface area contributed by atoms with Gasteiger partial charge in [0.05, 0.1) is 20.5 Å². The number of hydrogen-bond acceptors (Lipinski definition) is 4. The SMILES string of the molecule is O=S(=O)(Nc1ccccc1Cl)c1ccc(S(=O)(=O)NC2CC2)cc1. The zero-order valence-electron chi connectivity index (χ0n) is 12.4. The molecule has 0 aromatic heterocycles. The summed E-state index contributed by atoms with van der Waals surface area (Å²) in [6, 6.07) is 11.5. The minimum absolute atomic E-state index is 0.0136. The summed E-state index contributed by atoms with van der Waals surface area (Å²) in [6.45, 7) is 0. The largest absolute Gasteiger partial charge is 0.278 e. The molecule has 1 aliphatic rings. The lowest BCUT2D eigenvalue weighted by Gasteiger charge is -2.10. The molecule has 0 atom stereocenters.